The van der Waals surface area contributed by atoms with Crippen LogP contribution in [0.5, 0.6) is 5.75 Å². The summed E-state index contributed by atoms with van der Waals surface area (Å²) in [5.74, 6) is -0.434. The molecule has 5 N–H and O–H groups in total. The van der Waals surface area contributed by atoms with Gasteiger partial charge >= 0.3 is 5.97 Å². The summed E-state index contributed by atoms with van der Waals surface area (Å²) in [5.41, 5.74) is 4.77. The minimum atomic E-state index is -0.877. The zero-order chi connectivity index (χ0) is 17.1. The molecule has 1 amide bonds. The predicted octanol–water partition coefficient (Wildman–Crippen LogP) is 0.907. The van der Waals surface area contributed by atoms with Crippen molar-refractivity contribution >= 4 is 29.2 Å². The molecule has 7 nitrogen and oxygen atoms in total. The average Bonchev–Trinajstić information content (AvgIpc) is 2.47. The van der Waals surface area contributed by atoms with E-state index in [9.17, 15) is 9.59 Å². The van der Waals surface area contributed by atoms with Crippen LogP contribution in [-0.2, 0) is 9.53 Å². The Labute approximate surface area is 138 Å². The van der Waals surface area contributed by atoms with Crippen molar-refractivity contribution in [3.8, 4) is 5.75 Å². The Balaban J connectivity index is 2.27. The van der Waals surface area contributed by atoms with Crippen molar-refractivity contribution in [2.24, 2.45) is 0 Å². The number of esters is 1. The summed E-state index contributed by atoms with van der Waals surface area (Å²) >= 11 is 6.22. The van der Waals surface area contributed by atoms with Gasteiger partial charge in [0, 0.05) is 6.04 Å². The lowest BCUT2D eigenvalue weighted by molar-refractivity contribution is -0.317. The molecule has 1 unspecified atom stereocenters. The number of amides is 1. The number of nitrogens with one attached hydrogen (secondary N) is 2. The Kier molecular flexibility index (Phi) is 5.12. The Hall–Kier alpha value is -2.25. The summed E-state index contributed by atoms with van der Waals surface area (Å²) < 4.78 is 10.4. The monoisotopic (exact) mass is 340 g/mol. The lowest BCUT2D eigenvalue weighted by Gasteiger charge is -2.26. The molecular formula is C15H19ClN3O4+. The molecule has 0 aromatic heterocycles. The lowest BCUT2D eigenvalue weighted by atomic mass is 10.1. The van der Waals surface area contributed by atoms with Gasteiger partial charge in [-0.15, -0.1) is 0 Å². The number of anilines is 1. The largest absolute Gasteiger partial charge is 0.495 e. The van der Waals surface area contributed by atoms with Crippen LogP contribution in [0.25, 0.3) is 0 Å². The quantitative estimate of drug-likeness (QED) is 0.558. The third-order valence-corrected chi connectivity index (χ3v) is 3.51. The minimum absolute atomic E-state index is 0.00662. The normalized spacial score (nSPS) is 17.2. The van der Waals surface area contributed by atoms with Crippen molar-refractivity contribution in [2.45, 2.75) is 26.1 Å². The second-order valence-corrected chi connectivity index (χ2v) is 5.69. The molecular weight excluding hydrogens is 322 g/mol. The molecule has 1 heterocycles. The van der Waals surface area contributed by atoms with E-state index in [1.807, 2.05) is 13.8 Å². The summed E-state index contributed by atoms with van der Waals surface area (Å²) in [5, 5.41) is 5.94. The van der Waals surface area contributed by atoms with E-state index in [2.05, 4.69) is 16.4 Å². The first-order valence-electron chi connectivity index (χ1n) is 7.01. The number of fused-ring (bicyclic) bond motifs is 1. The van der Waals surface area contributed by atoms with E-state index in [0.717, 1.165) is 0 Å². The molecule has 0 aliphatic carbocycles. The van der Waals surface area contributed by atoms with Gasteiger partial charge in [-0.1, -0.05) is 11.6 Å². The molecule has 1 aliphatic rings. The van der Waals surface area contributed by atoms with Gasteiger partial charge in [-0.25, -0.2) is 4.79 Å². The fourth-order valence-electron chi connectivity index (χ4n) is 2.10. The molecule has 124 valence electrons. The van der Waals surface area contributed by atoms with Crippen LogP contribution >= 0.6 is 11.6 Å². The van der Waals surface area contributed by atoms with Crippen molar-refractivity contribution in [1.29, 1.82) is 0 Å². The van der Waals surface area contributed by atoms with Crippen molar-refractivity contribution in [1.82, 2.24) is 5.32 Å². The number of quaternary nitrogens is 1. The van der Waals surface area contributed by atoms with Crippen LogP contribution < -0.4 is 21.1 Å². The number of methoxy groups -OCH3 is 1. The van der Waals surface area contributed by atoms with Gasteiger partial charge in [0.1, 0.15) is 10.8 Å². The highest BCUT2D eigenvalue weighted by Gasteiger charge is 2.32. The number of cyclic esters (lactones) is 1. The molecule has 0 fully saturated rings. The molecule has 0 radical (unpaired) electrons. The first-order chi connectivity index (χ1) is 10.8. The van der Waals surface area contributed by atoms with Gasteiger partial charge < -0.3 is 25.8 Å². The van der Waals surface area contributed by atoms with Gasteiger partial charge in [-0.05, 0) is 26.0 Å². The third-order valence-electron chi connectivity index (χ3n) is 3.13. The molecule has 2 rings (SSSR count). The van der Waals surface area contributed by atoms with E-state index in [0.29, 0.717) is 22.7 Å². The molecule has 1 aliphatic heterocycles. The van der Waals surface area contributed by atoms with E-state index in [1.165, 1.54) is 13.2 Å². The molecule has 0 bridgehead atoms. The van der Waals surface area contributed by atoms with Gasteiger partial charge in [0.05, 0.1) is 24.4 Å². The van der Waals surface area contributed by atoms with Crippen LogP contribution in [0.2, 0.25) is 5.02 Å². The molecule has 1 atom stereocenters. The summed E-state index contributed by atoms with van der Waals surface area (Å²) in [6.07, 6.45) is 0.404. The highest BCUT2D eigenvalue weighted by Crippen LogP contribution is 2.38. The number of benzene rings is 1. The van der Waals surface area contributed by atoms with E-state index in [1.54, 1.807) is 12.1 Å². The number of halogens is 1. The molecule has 0 saturated carbocycles. The maximum atomic E-state index is 12.1. The highest BCUT2D eigenvalue weighted by molar-refractivity contribution is 6.35. The standard InChI is InChI=1S/C15H18ClN3O4/c1-7(2)18-11(20)6-9(17)14-19-13-8(15(21)23-14)4-5-10(22-3)12(13)16/h4-7,14,19H,17H2,1-3H3,(H,18,20)/p+1. The molecule has 0 spiro atoms. The maximum absolute atomic E-state index is 12.1. The number of ether oxygens (including phenoxy) is 2. The number of rotatable bonds is 4. The van der Waals surface area contributed by atoms with Crippen LogP contribution in [0, 0.1) is 0 Å². The summed E-state index contributed by atoms with van der Waals surface area (Å²) in [6.45, 7) is 3.69. The predicted molar refractivity (Wildman–Crippen MR) is 85.1 cm³/mol. The summed E-state index contributed by atoms with van der Waals surface area (Å²) in [4.78, 5) is 23.9. The van der Waals surface area contributed by atoms with Gasteiger partial charge in [-0.3, -0.25) is 4.79 Å². The number of carbonyl (C=O) groups is 2. The van der Waals surface area contributed by atoms with E-state index in [4.69, 9.17) is 21.1 Å². The minimum Gasteiger partial charge on any atom is -0.495 e. The van der Waals surface area contributed by atoms with E-state index >= 15 is 0 Å². The fourth-order valence-corrected chi connectivity index (χ4v) is 2.39. The first-order valence-corrected chi connectivity index (χ1v) is 7.39. The molecule has 1 aromatic rings. The SMILES string of the molecule is COc1ccc2c(c1Cl)NC(C([NH3+])=CC(=O)NC(C)C)OC2=O. The third kappa shape index (κ3) is 3.75. The Morgan fingerprint density at radius 3 is 2.83 bits per heavy atom. The fraction of sp³-hybridized carbons (Fsp3) is 0.333. The molecule has 23 heavy (non-hydrogen) atoms. The van der Waals surface area contributed by atoms with Crippen LogP contribution in [0.1, 0.15) is 24.2 Å². The lowest BCUT2D eigenvalue weighted by Crippen LogP contribution is -2.57. The number of hydrogen-bond donors (Lipinski definition) is 3. The molecule has 0 saturated heterocycles. The van der Waals surface area contributed by atoms with Crippen molar-refractivity contribution in [3.05, 3.63) is 34.5 Å². The van der Waals surface area contributed by atoms with Crippen LogP contribution in [0.3, 0.4) is 0 Å². The number of carbonyl (C=O) groups excluding carboxylic acids is 2. The maximum Gasteiger partial charge on any atom is 0.342 e. The van der Waals surface area contributed by atoms with Crippen molar-refractivity contribution in [3.63, 3.8) is 0 Å². The van der Waals surface area contributed by atoms with Crippen molar-refractivity contribution < 1.29 is 24.8 Å². The van der Waals surface area contributed by atoms with Crippen molar-refractivity contribution in [2.75, 3.05) is 12.4 Å². The van der Waals surface area contributed by atoms with Crippen LogP contribution in [-0.4, -0.2) is 31.3 Å². The van der Waals surface area contributed by atoms with Gasteiger partial charge in [0.15, 0.2) is 5.70 Å². The van der Waals surface area contributed by atoms with E-state index in [-0.39, 0.29) is 17.0 Å². The summed E-state index contributed by atoms with van der Waals surface area (Å²) in [7, 11) is 1.48. The first kappa shape index (κ1) is 17.1. The number of hydrogen-bond acceptors (Lipinski definition) is 5. The Morgan fingerprint density at radius 1 is 1.52 bits per heavy atom. The Morgan fingerprint density at radius 2 is 2.22 bits per heavy atom. The van der Waals surface area contributed by atoms with Gasteiger partial charge in [-0.2, -0.15) is 0 Å². The van der Waals surface area contributed by atoms with E-state index < -0.39 is 12.2 Å². The second-order valence-electron chi connectivity index (χ2n) is 5.32. The zero-order valence-corrected chi connectivity index (χ0v) is 13.9. The zero-order valence-electron chi connectivity index (χ0n) is 13.1. The second kappa shape index (κ2) is 6.89. The molecule has 8 heteroatoms. The average molecular weight is 341 g/mol. The highest BCUT2D eigenvalue weighted by atomic mass is 35.5. The smallest absolute Gasteiger partial charge is 0.342 e. The summed E-state index contributed by atoms with van der Waals surface area (Å²) in [6, 6.07) is 3.14. The van der Waals surface area contributed by atoms with Gasteiger partial charge in [0.2, 0.25) is 12.1 Å². The Bertz CT molecular complexity index is 673. The van der Waals surface area contributed by atoms with Gasteiger partial charge in [0.25, 0.3) is 0 Å². The topological polar surface area (TPSA) is 104 Å². The van der Waals surface area contributed by atoms with Crippen LogP contribution in [0.15, 0.2) is 23.9 Å². The molecule has 1 aromatic carbocycles. The van der Waals surface area contributed by atoms with Crippen LogP contribution in [0.4, 0.5) is 5.69 Å².